The van der Waals surface area contributed by atoms with E-state index in [2.05, 4.69) is 16.0 Å². The summed E-state index contributed by atoms with van der Waals surface area (Å²) < 4.78 is 0. The highest BCUT2D eigenvalue weighted by Crippen LogP contribution is 2.32. The first-order chi connectivity index (χ1) is 8.36. The third-order valence-corrected chi connectivity index (χ3v) is 2.98. The van der Waals surface area contributed by atoms with E-state index in [1.807, 2.05) is 30.3 Å². The lowest BCUT2D eigenvalue weighted by Crippen LogP contribution is -1.89. The molecule has 0 fully saturated rings. The van der Waals surface area contributed by atoms with E-state index in [0.29, 0.717) is 10.8 Å². The Labute approximate surface area is 104 Å². The van der Waals surface area contributed by atoms with Crippen molar-refractivity contribution in [2.75, 3.05) is 0 Å². The van der Waals surface area contributed by atoms with Crippen LogP contribution in [0.5, 0.6) is 0 Å². The van der Waals surface area contributed by atoms with Crippen LogP contribution in [0.1, 0.15) is 0 Å². The highest BCUT2D eigenvalue weighted by atomic mass is 35.5. The Balaban J connectivity index is 2.39. The van der Waals surface area contributed by atoms with E-state index < -0.39 is 0 Å². The number of hydrogen-bond acceptors (Lipinski definition) is 2. The number of halogens is 1. The lowest BCUT2D eigenvalue weighted by atomic mass is 10.0. The Morgan fingerprint density at radius 2 is 1.59 bits per heavy atom. The van der Waals surface area contributed by atoms with Crippen molar-refractivity contribution in [3.8, 4) is 11.4 Å². The van der Waals surface area contributed by atoms with Gasteiger partial charge in [-0.1, -0.05) is 41.9 Å². The summed E-state index contributed by atoms with van der Waals surface area (Å²) in [5, 5.41) is 2.89. The Morgan fingerprint density at radius 1 is 0.824 bits per heavy atom. The Hall–Kier alpha value is -1.93. The minimum atomic E-state index is 0.661. The minimum Gasteiger partial charge on any atom is -0.237 e. The highest BCUT2D eigenvalue weighted by Gasteiger charge is 2.09. The van der Waals surface area contributed by atoms with Crippen LogP contribution in [-0.4, -0.2) is 9.97 Å². The van der Waals surface area contributed by atoms with E-state index >= 15 is 0 Å². The van der Waals surface area contributed by atoms with Crippen molar-refractivity contribution < 1.29 is 0 Å². The van der Waals surface area contributed by atoms with Gasteiger partial charge in [0, 0.05) is 18.0 Å². The van der Waals surface area contributed by atoms with Crippen LogP contribution in [0.2, 0.25) is 5.02 Å². The van der Waals surface area contributed by atoms with Gasteiger partial charge in [0.2, 0.25) is 0 Å². The Bertz CT molecular complexity index is 665. The first-order valence-electron chi connectivity index (χ1n) is 5.31. The lowest BCUT2D eigenvalue weighted by Gasteiger charge is -2.07. The fraction of sp³-hybridized carbons (Fsp3) is 0. The first kappa shape index (κ1) is 10.2. The molecule has 0 aliphatic heterocycles. The van der Waals surface area contributed by atoms with Gasteiger partial charge in [0.15, 0.2) is 5.82 Å². The van der Waals surface area contributed by atoms with Crippen LogP contribution in [0, 0.1) is 0 Å². The van der Waals surface area contributed by atoms with Gasteiger partial charge in [0.25, 0.3) is 0 Å². The molecular weight excluding hydrogens is 232 g/mol. The molecule has 0 aliphatic rings. The van der Waals surface area contributed by atoms with Gasteiger partial charge in [0.1, 0.15) is 0 Å². The molecule has 1 aromatic heterocycles. The number of nitrogens with zero attached hydrogens (tertiary/aromatic N) is 2. The summed E-state index contributed by atoms with van der Waals surface area (Å²) in [5.74, 6) is 0.661. The van der Waals surface area contributed by atoms with Gasteiger partial charge in [-0.05, 0) is 22.9 Å². The predicted molar refractivity (Wildman–Crippen MR) is 70.0 cm³/mol. The maximum atomic E-state index is 6.26. The maximum absolute atomic E-state index is 6.26. The molecule has 1 heterocycles. The summed E-state index contributed by atoms with van der Waals surface area (Å²) >= 11 is 6.26. The molecule has 2 nitrogen and oxygen atoms in total. The molecule has 2 aromatic carbocycles. The van der Waals surface area contributed by atoms with Crippen molar-refractivity contribution in [1.82, 2.24) is 9.97 Å². The van der Waals surface area contributed by atoms with Gasteiger partial charge in [-0.2, -0.15) is 0 Å². The Kier molecular flexibility index (Phi) is 2.50. The first-order valence-corrected chi connectivity index (χ1v) is 5.69. The summed E-state index contributed by atoms with van der Waals surface area (Å²) in [6.07, 6.45) is 3.45. The molecular formula is C14H9ClN2. The molecule has 0 atom stereocenters. The molecule has 0 N–H and O–H groups in total. The molecule has 0 aliphatic carbocycles. The normalized spacial score (nSPS) is 10.6. The molecule has 82 valence electrons. The third-order valence-electron chi connectivity index (χ3n) is 2.67. The van der Waals surface area contributed by atoms with Crippen molar-refractivity contribution in [3.05, 3.63) is 59.9 Å². The molecule has 0 amide bonds. The molecule has 0 spiro atoms. The van der Waals surface area contributed by atoms with Crippen LogP contribution >= 0.6 is 11.6 Å². The van der Waals surface area contributed by atoms with Crippen molar-refractivity contribution in [2.24, 2.45) is 0 Å². The second kappa shape index (κ2) is 4.15. The molecule has 3 aromatic rings. The van der Waals surface area contributed by atoms with E-state index in [9.17, 15) is 0 Å². The standard InChI is InChI=1S/C14H9ClN2/c15-12-7-6-10-4-1-2-5-11(10)13(12)14-16-8-3-9-17-14/h1-9H. The van der Waals surface area contributed by atoms with Crippen molar-refractivity contribution in [3.63, 3.8) is 0 Å². The molecule has 17 heavy (non-hydrogen) atoms. The van der Waals surface area contributed by atoms with Crippen molar-refractivity contribution >= 4 is 22.4 Å². The van der Waals surface area contributed by atoms with Gasteiger partial charge in [-0.15, -0.1) is 0 Å². The van der Waals surface area contributed by atoms with E-state index in [1.165, 1.54) is 0 Å². The maximum Gasteiger partial charge on any atom is 0.161 e. The van der Waals surface area contributed by atoms with Crippen LogP contribution in [0.4, 0.5) is 0 Å². The SMILES string of the molecule is Clc1ccc2ccccc2c1-c1ncccn1. The zero-order chi connectivity index (χ0) is 11.7. The Morgan fingerprint density at radius 3 is 2.41 bits per heavy atom. The van der Waals surface area contributed by atoms with E-state index in [0.717, 1.165) is 16.3 Å². The smallest absolute Gasteiger partial charge is 0.161 e. The van der Waals surface area contributed by atoms with Crippen LogP contribution in [0.3, 0.4) is 0 Å². The monoisotopic (exact) mass is 240 g/mol. The van der Waals surface area contributed by atoms with Crippen molar-refractivity contribution in [1.29, 1.82) is 0 Å². The fourth-order valence-electron chi connectivity index (χ4n) is 1.90. The van der Waals surface area contributed by atoms with Gasteiger partial charge in [-0.25, -0.2) is 9.97 Å². The van der Waals surface area contributed by atoms with Gasteiger partial charge in [-0.3, -0.25) is 0 Å². The van der Waals surface area contributed by atoms with Gasteiger partial charge < -0.3 is 0 Å². The van der Waals surface area contributed by atoms with E-state index in [-0.39, 0.29) is 0 Å². The van der Waals surface area contributed by atoms with Gasteiger partial charge in [0.05, 0.1) is 5.02 Å². The second-order valence-corrected chi connectivity index (χ2v) is 4.12. The zero-order valence-corrected chi connectivity index (χ0v) is 9.72. The number of benzene rings is 2. The molecule has 3 rings (SSSR count). The van der Waals surface area contributed by atoms with Crippen LogP contribution in [-0.2, 0) is 0 Å². The van der Waals surface area contributed by atoms with Crippen LogP contribution < -0.4 is 0 Å². The quantitative estimate of drug-likeness (QED) is 0.644. The van der Waals surface area contributed by atoms with Crippen molar-refractivity contribution in [2.45, 2.75) is 0 Å². The molecule has 0 saturated heterocycles. The molecule has 0 saturated carbocycles. The number of rotatable bonds is 1. The average Bonchev–Trinajstić information content (AvgIpc) is 2.39. The summed E-state index contributed by atoms with van der Waals surface area (Å²) in [7, 11) is 0. The average molecular weight is 241 g/mol. The number of fused-ring (bicyclic) bond motifs is 1. The van der Waals surface area contributed by atoms with Gasteiger partial charge >= 0.3 is 0 Å². The summed E-state index contributed by atoms with van der Waals surface area (Å²) in [5.41, 5.74) is 0.894. The number of aromatic nitrogens is 2. The summed E-state index contributed by atoms with van der Waals surface area (Å²) in [6.45, 7) is 0. The van der Waals surface area contributed by atoms with E-state index in [4.69, 9.17) is 11.6 Å². The predicted octanol–water partition coefficient (Wildman–Crippen LogP) is 3.95. The fourth-order valence-corrected chi connectivity index (χ4v) is 2.15. The minimum absolute atomic E-state index is 0.661. The molecule has 0 radical (unpaired) electrons. The third kappa shape index (κ3) is 1.77. The lowest BCUT2D eigenvalue weighted by molar-refractivity contribution is 1.18. The molecule has 3 heteroatoms. The van der Waals surface area contributed by atoms with Crippen LogP contribution in [0.25, 0.3) is 22.2 Å². The highest BCUT2D eigenvalue weighted by molar-refractivity contribution is 6.34. The topological polar surface area (TPSA) is 25.8 Å². The molecule has 0 bridgehead atoms. The van der Waals surface area contributed by atoms with Crippen LogP contribution in [0.15, 0.2) is 54.9 Å². The summed E-state index contributed by atoms with van der Waals surface area (Å²) in [4.78, 5) is 8.53. The number of hydrogen-bond donors (Lipinski definition) is 0. The molecule has 0 unspecified atom stereocenters. The second-order valence-electron chi connectivity index (χ2n) is 3.72. The zero-order valence-electron chi connectivity index (χ0n) is 8.97. The summed E-state index contributed by atoms with van der Waals surface area (Å²) in [6, 6.07) is 13.8. The largest absolute Gasteiger partial charge is 0.237 e. The van der Waals surface area contributed by atoms with E-state index in [1.54, 1.807) is 18.5 Å².